The van der Waals surface area contributed by atoms with Crippen LogP contribution in [-0.4, -0.2) is 62.0 Å². The molecule has 2 aromatic heterocycles. The highest BCUT2D eigenvalue weighted by molar-refractivity contribution is 5.98. The summed E-state index contributed by atoms with van der Waals surface area (Å²) in [6.07, 6.45) is 3.19. The van der Waals surface area contributed by atoms with Gasteiger partial charge in [-0.25, -0.2) is 15.0 Å². The summed E-state index contributed by atoms with van der Waals surface area (Å²) in [5.74, 6) is 1.33. The minimum atomic E-state index is -0.0681. The van der Waals surface area contributed by atoms with Gasteiger partial charge >= 0.3 is 0 Å². The number of amides is 1. The van der Waals surface area contributed by atoms with E-state index >= 15 is 0 Å². The second-order valence-electron chi connectivity index (χ2n) is 6.98. The van der Waals surface area contributed by atoms with Crippen LogP contribution in [0.1, 0.15) is 27.4 Å². The molecule has 1 aliphatic rings. The molecule has 3 heterocycles. The molecule has 0 N–H and O–H groups in total. The normalized spacial score (nSPS) is 14.2. The molecule has 0 atom stereocenters. The smallest absolute Gasteiger partial charge is 0.256 e. The Labute approximate surface area is 181 Å². The Hall–Kier alpha value is -3.04. The summed E-state index contributed by atoms with van der Waals surface area (Å²) < 4.78 is 0. The Morgan fingerprint density at radius 3 is 2.50 bits per heavy atom. The van der Waals surface area contributed by atoms with Crippen LogP contribution in [0, 0.1) is 20.8 Å². The molecule has 1 aromatic carbocycles. The highest BCUT2D eigenvalue weighted by Crippen LogP contribution is 2.20. The zero-order chi connectivity index (χ0) is 20.4. The summed E-state index contributed by atoms with van der Waals surface area (Å²) in [5.41, 5.74) is 3.12. The predicted molar refractivity (Wildman–Crippen MR) is 114 cm³/mol. The van der Waals surface area contributed by atoms with Gasteiger partial charge in [0.25, 0.3) is 5.91 Å². The van der Waals surface area contributed by atoms with Crippen molar-refractivity contribution in [1.82, 2.24) is 29.9 Å². The largest absolute Gasteiger partial charge is 0.334 e. The molecule has 158 valence electrons. The fraction of sp³-hybridized carbons (Fsp3) is 0.350. The van der Waals surface area contributed by atoms with E-state index in [2.05, 4.69) is 20.2 Å². The Bertz CT molecular complexity index is 1010. The van der Waals surface area contributed by atoms with Crippen molar-refractivity contribution in [1.29, 1.82) is 0 Å². The highest BCUT2D eigenvalue weighted by Gasteiger charge is 2.24. The zero-order valence-electron chi connectivity index (χ0n) is 17.1. The molecule has 0 spiro atoms. The topological polar surface area (TPSA) is 89.3 Å². The van der Waals surface area contributed by atoms with Crippen LogP contribution < -0.4 is 5.06 Å². The molecule has 0 bridgehead atoms. The first kappa shape index (κ1) is 21.7. The van der Waals surface area contributed by atoms with E-state index in [0.717, 1.165) is 11.3 Å². The molecule has 0 unspecified atom stereocenters. The molecule has 1 aliphatic heterocycles. The fourth-order valence-electron chi connectivity index (χ4n) is 3.36. The molecule has 1 amide bonds. The quantitative estimate of drug-likeness (QED) is 0.631. The number of nitrogens with zero attached hydrogens (tertiary/aromatic N) is 7. The van der Waals surface area contributed by atoms with Gasteiger partial charge in [-0.05, 0) is 32.9 Å². The third kappa shape index (κ3) is 4.58. The molecular weight excluding hydrogens is 406 g/mol. The second-order valence-corrected chi connectivity index (χ2v) is 6.98. The van der Waals surface area contributed by atoms with Crippen LogP contribution >= 0.6 is 12.4 Å². The van der Waals surface area contributed by atoms with E-state index in [0.29, 0.717) is 49.1 Å². The summed E-state index contributed by atoms with van der Waals surface area (Å²) in [6.45, 7) is 7.64. The number of aryl methyl sites for hydroxylation is 3. The van der Waals surface area contributed by atoms with Crippen LogP contribution in [0.25, 0.3) is 5.69 Å². The van der Waals surface area contributed by atoms with Gasteiger partial charge in [-0.2, -0.15) is 15.0 Å². The molecular formula is C20H24ClN7O2. The van der Waals surface area contributed by atoms with Gasteiger partial charge < -0.3 is 4.90 Å². The van der Waals surface area contributed by atoms with Gasteiger partial charge in [0.15, 0.2) is 5.82 Å². The average Bonchev–Trinajstić information content (AvgIpc) is 3.10. The summed E-state index contributed by atoms with van der Waals surface area (Å²) in [7, 11) is 0. The molecule has 0 aliphatic carbocycles. The third-order valence-corrected chi connectivity index (χ3v) is 4.69. The fourth-order valence-corrected chi connectivity index (χ4v) is 3.36. The van der Waals surface area contributed by atoms with Crippen molar-refractivity contribution in [3.05, 3.63) is 59.3 Å². The molecule has 30 heavy (non-hydrogen) atoms. The molecule has 4 rings (SSSR count). The van der Waals surface area contributed by atoms with E-state index in [1.165, 1.54) is 4.80 Å². The Morgan fingerprint density at radius 1 is 1.00 bits per heavy atom. The minimum Gasteiger partial charge on any atom is -0.334 e. The van der Waals surface area contributed by atoms with Crippen molar-refractivity contribution in [2.24, 2.45) is 0 Å². The van der Waals surface area contributed by atoms with Gasteiger partial charge in [0.2, 0.25) is 0 Å². The average molecular weight is 430 g/mol. The summed E-state index contributed by atoms with van der Waals surface area (Å²) in [5, 5.41) is 10.1. The lowest BCUT2D eigenvalue weighted by atomic mass is 10.1. The number of aromatic nitrogens is 5. The minimum absolute atomic E-state index is 0. The van der Waals surface area contributed by atoms with Gasteiger partial charge in [0, 0.05) is 24.8 Å². The van der Waals surface area contributed by atoms with Crippen molar-refractivity contribution in [2.45, 2.75) is 20.8 Å². The van der Waals surface area contributed by atoms with E-state index in [-0.39, 0.29) is 18.3 Å². The van der Waals surface area contributed by atoms with Crippen LogP contribution in [0.2, 0.25) is 0 Å². The van der Waals surface area contributed by atoms with Crippen LogP contribution in [-0.2, 0) is 4.84 Å². The molecule has 1 fully saturated rings. The van der Waals surface area contributed by atoms with Crippen molar-refractivity contribution in [3.8, 4) is 5.69 Å². The van der Waals surface area contributed by atoms with Crippen LogP contribution in [0.3, 0.4) is 0 Å². The lowest BCUT2D eigenvalue weighted by Gasteiger charge is -2.22. The number of carbonyl (C=O) groups is 1. The van der Waals surface area contributed by atoms with Crippen molar-refractivity contribution < 1.29 is 9.63 Å². The van der Waals surface area contributed by atoms with Gasteiger partial charge in [-0.3, -0.25) is 9.63 Å². The number of hydrogen-bond donors (Lipinski definition) is 0. The van der Waals surface area contributed by atoms with Crippen LogP contribution in [0.4, 0.5) is 5.82 Å². The number of benzene rings is 1. The Morgan fingerprint density at radius 2 is 1.77 bits per heavy atom. The molecule has 10 heteroatoms. The van der Waals surface area contributed by atoms with Gasteiger partial charge in [-0.1, -0.05) is 11.6 Å². The lowest BCUT2D eigenvalue weighted by molar-refractivity contribution is 0.0730. The summed E-state index contributed by atoms with van der Waals surface area (Å²) in [4.78, 5) is 31.2. The number of rotatable bonds is 3. The van der Waals surface area contributed by atoms with Crippen molar-refractivity contribution in [3.63, 3.8) is 0 Å². The molecule has 0 radical (unpaired) electrons. The standard InChI is InChI=1S/C20H23N7O2.ClH/c1-14-4-5-18(27-21-6-7-22-27)17(12-14)20(28)25-8-9-26(29-11-10-25)19-13-15(2)23-16(3)24-19;/h4-7,12-13H,8-11H2,1-3H3;1H. The predicted octanol–water partition coefficient (Wildman–Crippen LogP) is 2.30. The Kier molecular flexibility index (Phi) is 6.63. The number of carbonyl (C=O) groups excluding carboxylic acids is 1. The first-order valence-electron chi connectivity index (χ1n) is 9.50. The monoisotopic (exact) mass is 429 g/mol. The number of hydroxylamine groups is 1. The molecule has 3 aromatic rings. The van der Waals surface area contributed by atoms with Gasteiger partial charge in [-0.15, -0.1) is 12.4 Å². The van der Waals surface area contributed by atoms with E-state index in [1.807, 2.05) is 45.0 Å². The number of hydrogen-bond acceptors (Lipinski definition) is 7. The number of anilines is 1. The summed E-state index contributed by atoms with van der Waals surface area (Å²) >= 11 is 0. The van der Waals surface area contributed by atoms with E-state index in [4.69, 9.17) is 4.84 Å². The van der Waals surface area contributed by atoms with Crippen LogP contribution in [0.5, 0.6) is 0 Å². The summed E-state index contributed by atoms with van der Waals surface area (Å²) in [6, 6.07) is 7.58. The van der Waals surface area contributed by atoms with Crippen molar-refractivity contribution in [2.75, 3.05) is 31.3 Å². The van der Waals surface area contributed by atoms with E-state index in [1.54, 1.807) is 22.4 Å². The second kappa shape index (κ2) is 9.19. The van der Waals surface area contributed by atoms with Crippen molar-refractivity contribution >= 4 is 24.1 Å². The first-order chi connectivity index (χ1) is 14.0. The number of halogens is 1. The zero-order valence-corrected chi connectivity index (χ0v) is 18.0. The van der Waals surface area contributed by atoms with E-state index in [9.17, 15) is 4.79 Å². The maximum Gasteiger partial charge on any atom is 0.256 e. The first-order valence-corrected chi connectivity index (χ1v) is 9.50. The molecule has 0 saturated carbocycles. The van der Waals surface area contributed by atoms with E-state index < -0.39 is 0 Å². The molecule has 1 saturated heterocycles. The maximum absolute atomic E-state index is 13.3. The van der Waals surface area contributed by atoms with Gasteiger partial charge in [0.1, 0.15) is 5.82 Å². The highest BCUT2D eigenvalue weighted by atomic mass is 35.5. The SMILES string of the molecule is Cc1ccc(-n2nccn2)c(C(=O)N2CCON(c3cc(C)nc(C)n3)CC2)c1.Cl. The Balaban J connectivity index is 0.00000256. The maximum atomic E-state index is 13.3. The molecule has 9 nitrogen and oxygen atoms in total. The lowest BCUT2D eigenvalue weighted by Crippen LogP contribution is -2.36. The van der Waals surface area contributed by atoms with Gasteiger partial charge in [0.05, 0.1) is 36.8 Å². The van der Waals surface area contributed by atoms with Crippen LogP contribution in [0.15, 0.2) is 36.7 Å². The third-order valence-electron chi connectivity index (χ3n) is 4.69.